The van der Waals surface area contributed by atoms with E-state index in [1.165, 1.54) is 11.1 Å². The first-order chi connectivity index (χ1) is 12.3. The van der Waals surface area contributed by atoms with Gasteiger partial charge in [-0.05, 0) is 23.3 Å². The Morgan fingerprint density at radius 3 is 2.20 bits per heavy atom. The van der Waals surface area contributed by atoms with Crippen LogP contribution in [-0.4, -0.2) is 49.1 Å². The number of piperazine rings is 1. The van der Waals surface area contributed by atoms with Crippen LogP contribution in [0.2, 0.25) is 5.02 Å². The fraction of sp³-hybridized carbons (Fsp3) is 0.381. The van der Waals surface area contributed by atoms with Gasteiger partial charge in [-0.2, -0.15) is 0 Å². The van der Waals surface area contributed by atoms with Crippen molar-refractivity contribution in [3.05, 3.63) is 82.2 Å². The molecule has 0 aromatic heterocycles. The minimum absolute atomic E-state index is 0.267. The lowest BCUT2D eigenvalue weighted by Crippen LogP contribution is -2.48. The van der Waals surface area contributed by atoms with Gasteiger partial charge in [-0.25, -0.2) is 6.57 Å². The highest BCUT2D eigenvalue weighted by Gasteiger charge is 2.26. The van der Waals surface area contributed by atoms with Crippen LogP contribution in [-0.2, 0) is 0 Å². The summed E-state index contributed by atoms with van der Waals surface area (Å²) in [5.74, 6) is 0. The van der Waals surface area contributed by atoms with Gasteiger partial charge < -0.3 is 9.74 Å². The number of benzene rings is 2. The highest BCUT2D eigenvalue weighted by Crippen LogP contribution is 2.30. The van der Waals surface area contributed by atoms with E-state index >= 15 is 0 Å². The minimum Gasteiger partial charge on any atom is -0.317 e. The molecule has 1 aliphatic rings. The van der Waals surface area contributed by atoms with Crippen LogP contribution in [0.4, 0.5) is 0 Å². The van der Waals surface area contributed by atoms with Crippen LogP contribution in [0.25, 0.3) is 4.85 Å². The zero-order valence-electron chi connectivity index (χ0n) is 14.4. The van der Waals surface area contributed by atoms with E-state index in [9.17, 15) is 0 Å². The fourth-order valence-electron chi connectivity index (χ4n) is 3.51. The Balaban J connectivity index is 1.73. The number of hydrogen-bond acceptors (Lipinski definition) is 2. The molecule has 1 saturated heterocycles. The van der Waals surface area contributed by atoms with Crippen molar-refractivity contribution in [2.75, 3.05) is 39.3 Å². The predicted octanol–water partition coefficient (Wildman–Crippen LogP) is 4.36. The summed E-state index contributed by atoms with van der Waals surface area (Å²) in [7, 11) is 0. The Labute approximate surface area is 155 Å². The SMILES string of the molecule is [C-]#[N+]CCCN1CCN(C(c2ccccc2)c2ccc(Cl)cc2)CC1. The molecule has 1 atom stereocenters. The van der Waals surface area contributed by atoms with Crippen LogP contribution < -0.4 is 0 Å². The topological polar surface area (TPSA) is 10.8 Å². The van der Waals surface area contributed by atoms with Crippen molar-refractivity contribution in [1.82, 2.24) is 9.80 Å². The summed E-state index contributed by atoms with van der Waals surface area (Å²) in [5, 5.41) is 0.778. The van der Waals surface area contributed by atoms with Gasteiger partial charge in [0.2, 0.25) is 6.54 Å². The summed E-state index contributed by atoms with van der Waals surface area (Å²) < 4.78 is 0. The Kier molecular flexibility index (Phi) is 6.47. The molecule has 0 N–H and O–H groups in total. The maximum atomic E-state index is 6.90. The summed E-state index contributed by atoms with van der Waals surface area (Å²) in [5.41, 5.74) is 2.61. The van der Waals surface area contributed by atoms with E-state index < -0.39 is 0 Å². The second-order valence-corrected chi connectivity index (χ2v) is 6.91. The monoisotopic (exact) mass is 353 g/mol. The van der Waals surface area contributed by atoms with E-state index in [0.29, 0.717) is 6.54 Å². The summed E-state index contributed by atoms with van der Waals surface area (Å²) in [6.07, 6.45) is 0.975. The van der Waals surface area contributed by atoms with Crippen LogP contribution >= 0.6 is 11.6 Å². The van der Waals surface area contributed by atoms with Crippen LogP contribution in [0.1, 0.15) is 23.6 Å². The molecule has 3 rings (SSSR count). The molecule has 3 nitrogen and oxygen atoms in total. The van der Waals surface area contributed by atoms with Crippen molar-refractivity contribution in [1.29, 1.82) is 0 Å². The zero-order valence-corrected chi connectivity index (χ0v) is 15.2. The summed E-state index contributed by atoms with van der Waals surface area (Å²) >= 11 is 6.09. The molecule has 1 heterocycles. The highest BCUT2D eigenvalue weighted by atomic mass is 35.5. The molecule has 1 unspecified atom stereocenters. The van der Waals surface area contributed by atoms with Gasteiger partial charge >= 0.3 is 0 Å². The molecular weight excluding hydrogens is 330 g/mol. The van der Waals surface area contributed by atoms with Crippen LogP contribution in [0.3, 0.4) is 0 Å². The van der Waals surface area contributed by atoms with Gasteiger partial charge in [0.25, 0.3) is 0 Å². The third-order valence-electron chi connectivity index (χ3n) is 4.82. The molecule has 25 heavy (non-hydrogen) atoms. The molecule has 1 fully saturated rings. The summed E-state index contributed by atoms with van der Waals surface area (Å²) in [6.45, 7) is 12.8. The maximum Gasteiger partial charge on any atom is 0.215 e. The molecule has 4 heteroatoms. The Bertz CT molecular complexity index is 685. The van der Waals surface area contributed by atoms with Crippen LogP contribution in [0, 0.1) is 6.57 Å². The highest BCUT2D eigenvalue weighted by molar-refractivity contribution is 6.30. The third kappa shape index (κ3) is 4.83. The van der Waals surface area contributed by atoms with E-state index in [0.717, 1.165) is 44.2 Å². The van der Waals surface area contributed by atoms with Gasteiger partial charge in [-0.1, -0.05) is 54.1 Å². The third-order valence-corrected chi connectivity index (χ3v) is 5.07. The molecule has 2 aromatic rings. The van der Waals surface area contributed by atoms with Gasteiger partial charge in [0.1, 0.15) is 0 Å². The number of nitrogens with zero attached hydrogens (tertiary/aromatic N) is 3. The van der Waals surface area contributed by atoms with Crippen LogP contribution in [0.15, 0.2) is 54.6 Å². The molecule has 0 radical (unpaired) electrons. The van der Waals surface area contributed by atoms with Gasteiger partial charge in [0, 0.05) is 44.2 Å². The maximum absolute atomic E-state index is 6.90. The molecule has 130 valence electrons. The predicted molar refractivity (Wildman–Crippen MR) is 104 cm³/mol. The summed E-state index contributed by atoms with van der Waals surface area (Å²) in [6, 6.07) is 19.2. The minimum atomic E-state index is 0.267. The van der Waals surface area contributed by atoms with Gasteiger partial charge in [0.05, 0.1) is 6.04 Å². The van der Waals surface area contributed by atoms with Gasteiger partial charge in [-0.3, -0.25) is 4.90 Å². The molecule has 0 amide bonds. The normalized spacial score (nSPS) is 17.1. The second kappa shape index (κ2) is 9.01. The molecule has 0 spiro atoms. The molecule has 0 saturated carbocycles. The lowest BCUT2D eigenvalue weighted by molar-refractivity contribution is 0.109. The van der Waals surface area contributed by atoms with E-state index in [-0.39, 0.29) is 6.04 Å². The second-order valence-electron chi connectivity index (χ2n) is 6.48. The Morgan fingerprint density at radius 2 is 1.56 bits per heavy atom. The van der Waals surface area contributed by atoms with Crippen molar-refractivity contribution in [2.24, 2.45) is 0 Å². The first-order valence-electron chi connectivity index (χ1n) is 8.88. The molecule has 1 aliphatic heterocycles. The number of halogens is 1. The fourth-order valence-corrected chi connectivity index (χ4v) is 3.64. The van der Waals surface area contributed by atoms with Gasteiger partial charge in [0.15, 0.2) is 0 Å². The molecule has 0 aliphatic carbocycles. The average molecular weight is 354 g/mol. The Hall–Kier alpha value is -1.86. The number of hydrogen-bond donors (Lipinski definition) is 0. The largest absolute Gasteiger partial charge is 0.317 e. The number of rotatable bonds is 6. The molecule has 2 aromatic carbocycles. The van der Waals surface area contributed by atoms with E-state index in [1.807, 2.05) is 12.1 Å². The average Bonchev–Trinajstić information content (AvgIpc) is 2.66. The van der Waals surface area contributed by atoms with Crippen molar-refractivity contribution in [3.63, 3.8) is 0 Å². The van der Waals surface area contributed by atoms with Crippen molar-refractivity contribution >= 4 is 11.6 Å². The van der Waals surface area contributed by atoms with E-state index in [2.05, 4.69) is 57.1 Å². The van der Waals surface area contributed by atoms with E-state index in [1.54, 1.807) is 0 Å². The zero-order chi connectivity index (χ0) is 17.5. The van der Waals surface area contributed by atoms with Crippen molar-refractivity contribution < 1.29 is 0 Å². The van der Waals surface area contributed by atoms with Gasteiger partial charge in [-0.15, -0.1) is 0 Å². The van der Waals surface area contributed by atoms with E-state index in [4.69, 9.17) is 18.2 Å². The standard InChI is InChI=1S/C21H24ClN3/c1-23-12-5-13-24-14-16-25(17-15-24)21(18-6-3-2-4-7-18)19-8-10-20(22)11-9-19/h2-4,6-11,21H,5,12-17H2. The first kappa shape index (κ1) is 17.9. The smallest absolute Gasteiger partial charge is 0.215 e. The Morgan fingerprint density at radius 1 is 0.920 bits per heavy atom. The first-order valence-corrected chi connectivity index (χ1v) is 9.26. The van der Waals surface area contributed by atoms with Crippen molar-refractivity contribution in [2.45, 2.75) is 12.5 Å². The summed E-state index contributed by atoms with van der Waals surface area (Å²) in [4.78, 5) is 8.49. The molecular formula is C21H24ClN3. The lowest BCUT2D eigenvalue weighted by Gasteiger charge is -2.39. The molecule has 0 bridgehead atoms. The van der Waals surface area contributed by atoms with Crippen molar-refractivity contribution in [3.8, 4) is 0 Å². The van der Waals surface area contributed by atoms with Crippen LogP contribution in [0.5, 0.6) is 0 Å². The lowest BCUT2D eigenvalue weighted by atomic mass is 9.96. The quantitative estimate of drug-likeness (QED) is 0.564.